The molecule has 0 fully saturated rings. The van der Waals surface area contributed by atoms with Crippen molar-refractivity contribution in [3.8, 4) is 5.75 Å². The first-order valence-corrected chi connectivity index (χ1v) is 5.92. The topological polar surface area (TPSA) is 90.4 Å². The van der Waals surface area contributed by atoms with E-state index in [0.29, 0.717) is 11.7 Å². The van der Waals surface area contributed by atoms with Crippen LogP contribution >= 0.6 is 0 Å². The summed E-state index contributed by atoms with van der Waals surface area (Å²) in [6, 6.07) is 5.44. The number of nitrogens with two attached hydrogens (primary N) is 2. The zero-order valence-electron chi connectivity index (χ0n) is 11.1. The molecule has 0 aliphatic rings. The second-order valence-electron chi connectivity index (χ2n) is 4.53. The van der Waals surface area contributed by atoms with Crippen LogP contribution in [0.5, 0.6) is 5.75 Å². The van der Waals surface area contributed by atoms with E-state index in [0.717, 1.165) is 5.56 Å². The Labute approximate surface area is 107 Å². The molecule has 0 aliphatic heterocycles. The van der Waals surface area contributed by atoms with Crippen molar-refractivity contribution in [2.45, 2.75) is 32.2 Å². The molecule has 100 valence electrons. The van der Waals surface area contributed by atoms with Gasteiger partial charge in [-0.3, -0.25) is 10.2 Å². The van der Waals surface area contributed by atoms with Crippen LogP contribution in [-0.4, -0.2) is 13.0 Å². The summed E-state index contributed by atoms with van der Waals surface area (Å²) in [5, 5.41) is 0. The van der Waals surface area contributed by atoms with E-state index >= 15 is 0 Å². The van der Waals surface area contributed by atoms with Gasteiger partial charge in [0, 0.05) is 18.0 Å². The van der Waals surface area contributed by atoms with E-state index in [1.54, 1.807) is 7.11 Å². The Bertz CT molecular complexity index is 419. The van der Waals surface area contributed by atoms with Crippen molar-refractivity contribution in [2.75, 3.05) is 7.11 Å². The third-order valence-corrected chi connectivity index (χ3v) is 2.89. The van der Waals surface area contributed by atoms with Crippen molar-refractivity contribution >= 4 is 5.91 Å². The van der Waals surface area contributed by atoms with Gasteiger partial charge in [0.25, 0.3) is 0 Å². The standard InChI is InChI=1S/C13H21N3O2/c1-8(2)9-4-5-10(12(6-9)18-3)11(14)7-13(17)16-15/h4-6,8,11H,7,14-15H2,1-3H3,(H,16,17). The van der Waals surface area contributed by atoms with Crippen molar-refractivity contribution < 1.29 is 9.53 Å². The second kappa shape index (κ2) is 6.37. The van der Waals surface area contributed by atoms with Crippen LogP contribution in [0.3, 0.4) is 0 Å². The molecular formula is C13H21N3O2. The highest BCUT2D eigenvalue weighted by atomic mass is 16.5. The first-order chi connectivity index (χ1) is 8.49. The molecule has 1 amide bonds. The molecule has 5 nitrogen and oxygen atoms in total. The van der Waals surface area contributed by atoms with Crippen LogP contribution in [-0.2, 0) is 4.79 Å². The molecule has 0 aromatic heterocycles. The first-order valence-electron chi connectivity index (χ1n) is 5.92. The number of nitrogens with one attached hydrogen (secondary N) is 1. The molecule has 0 bridgehead atoms. The van der Waals surface area contributed by atoms with Crippen LogP contribution in [0.1, 0.15) is 43.4 Å². The fraction of sp³-hybridized carbons (Fsp3) is 0.462. The van der Waals surface area contributed by atoms with Gasteiger partial charge in [-0.05, 0) is 17.5 Å². The zero-order chi connectivity index (χ0) is 13.7. The predicted octanol–water partition coefficient (Wildman–Crippen LogP) is 1.20. The molecule has 0 radical (unpaired) electrons. The van der Waals surface area contributed by atoms with Crippen molar-refractivity contribution in [1.82, 2.24) is 5.43 Å². The summed E-state index contributed by atoms with van der Waals surface area (Å²) in [6.45, 7) is 4.21. The average Bonchev–Trinajstić information content (AvgIpc) is 2.37. The van der Waals surface area contributed by atoms with Crippen molar-refractivity contribution in [3.63, 3.8) is 0 Å². The van der Waals surface area contributed by atoms with Gasteiger partial charge in [-0.1, -0.05) is 26.0 Å². The van der Waals surface area contributed by atoms with E-state index in [1.165, 1.54) is 5.56 Å². The number of benzene rings is 1. The van der Waals surface area contributed by atoms with Crippen LogP contribution in [0.15, 0.2) is 18.2 Å². The van der Waals surface area contributed by atoms with Crippen molar-refractivity contribution in [3.05, 3.63) is 29.3 Å². The van der Waals surface area contributed by atoms with Gasteiger partial charge in [0.05, 0.1) is 7.11 Å². The molecule has 0 aliphatic carbocycles. The Morgan fingerprint density at radius 3 is 2.61 bits per heavy atom. The minimum absolute atomic E-state index is 0.133. The predicted molar refractivity (Wildman–Crippen MR) is 71.0 cm³/mol. The lowest BCUT2D eigenvalue weighted by Gasteiger charge is -2.17. The Morgan fingerprint density at radius 1 is 1.44 bits per heavy atom. The average molecular weight is 251 g/mol. The summed E-state index contributed by atoms with van der Waals surface area (Å²) in [7, 11) is 1.60. The number of amides is 1. The summed E-state index contributed by atoms with van der Waals surface area (Å²) in [5.74, 6) is 5.87. The molecule has 0 heterocycles. The number of hydrogen-bond donors (Lipinski definition) is 3. The molecular weight excluding hydrogens is 230 g/mol. The molecule has 0 saturated carbocycles. The quantitative estimate of drug-likeness (QED) is 0.416. The highest BCUT2D eigenvalue weighted by molar-refractivity contribution is 5.76. The molecule has 1 atom stereocenters. The lowest BCUT2D eigenvalue weighted by Crippen LogP contribution is -2.32. The first kappa shape index (κ1) is 14.5. The highest BCUT2D eigenvalue weighted by Crippen LogP contribution is 2.29. The van der Waals surface area contributed by atoms with Crippen molar-refractivity contribution in [2.24, 2.45) is 11.6 Å². The Hall–Kier alpha value is -1.59. The van der Waals surface area contributed by atoms with Gasteiger partial charge >= 0.3 is 0 Å². The number of rotatable bonds is 5. The van der Waals surface area contributed by atoms with E-state index in [2.05, 4.69) is 19.3 Å². The maximum atomic E-state index is 11.2. The summed E-state index contributed by atoms with van der Waals surface area (Å²) in [4.78, 5) is 11.2. The smallest absolute Gasteiger partial charge is 0.235 e. The van der Waals surface area contributed by atoms with Crippen molar-refractivity contribution in [1.29, 1.82) is 0 Å². The van der Waals surface area contributed by atoms with Gasteiger partial charge in [-0.25, -0.2) is 5.84 Å². The normalized spacial score (nSPS) is 12.3. The number of ether oxygens (including phenoxy) is 1. The summed E-state index contributed by atoms with van der Waals surface area (Å²) in [5.41, 5.74) is 10.0. The summed E-state index contributed by atoms with van der Waals surface area (Å²) < 4.78 is 5.33. The van der Waals surface area contributed by atoms with Gasteiger partial charge in [0.15, 0.2) is 0 Å². The van der Waals surface area contributed by atoms with E-state index in [4.69, 9.17) is 16.3 Å². The maximum absolute atomic E-state index is 11.2. The lowest BCUT2D eigenvalue weighted by molar-refractivity contribution is -0.121. The fourth-order valence-electron chi connectivity index (χ4n) is 1.76. The van der Waals surface area contributed by atoms with Crippen LogP contribution in [0.4, 0.5) is 0 Å². The summed E-state index contributed by atoms with van der Waals surface area (Å²) in [6.07, 6.45) is 0.133. The van der Waals surface area contributed by atoms with E-state index in [-0.39, 0.29) is 12.3 Å². The molecule has 0 saturated heterocycles. The van der Waals surface area contributed by atoms with Gasteiger partial charge < -0.3 is 10.5 Å². The molecule has 1 aromatic carbocycles. The number of hydrazine groups is 1. The molecule has 1 unspecified atom stereocenters. The minimum Gasteiger partial charge on any atom is -0.496 e. The molecule has 5 N–H and O–H groups in total. The lowest BCUT2D eigenvalue weighted by atomic mass is 9.97. The molecule has 1 rings (SSSR count). The van der Waals surface area contributed by atoms with Crippen LogP contribution in [0.25, 0.3) is 0 Å². The third-order valence-electron chi connectivity index (χ3n) is 2.89. The Balaban J connectivity index is 2.97. The fourth-order valence-corrected chi connectivity index (χ4v) is 1.76. The van der Waals surface area contributed by atoms with E-state index < -0.39 is 6.04 Å². The van der Waals surface area contributed by atoms with Crippen LogP contribution in [0.2, 0.25) is 0 Å². The number of methoxy groups -OCH3 is 1. The highest BCUT2D eigenvalue weighted by Gasteiger charge is 2.16. The minimum atomic E-state index is -0.426. The van der Waals surface area contributed by atoms with E-state index in [9.17, 15) is 4.79 Å². The van der Waals surface area contributed by atoms with Crippen LogP contribution < -0.4 is 21.7 Å². The Kier molecular flexibility index (Phi) is 5.12. The van der Waals surface area contributed by atoms with Crippen LogP contribution in [0, 0.1) is 0 Å². The number of carbonyl (C=O) groups excluding carboxylic acids is 1. The SMILES string of the molecule is COc1cc(C(C)C)ccc1C(N)CC(=O)NN. The molecule has 5 heteroatoms. The van der Waals surface area contributed by atoms with Gasteiger partial charge in [-0.15, -0.1) is 0 Å². The van der Waals surface area contributed by atoms with E-state index in [1.807, 2.05) is 18.2 Å². The zero-order valence-corrected chi connectivity index (χ0v) is 11.1. The number of hydrogen-bond acceptors (Lipinski definition) is 4. The largest absolute Gasteiger partial charge is 0.496 e. The second-order valence-corrected chi connectivity index (χ2v) is 4.53. The molecule has 0 spiro atoms. The monoisotopic (exact) mass is 251 g/mol. The van der Waals surface area contributed by atoms with Gasteiger partial charge in [0.2, 0.25) is 5.91 Å². The number of carbonyl (C=O) groups is 1. The van der Waals surface area contributed by atoms with Gasteiger partial charge in [-0.2, -0.15) is 0 Å². The maximum Gasteiger partial charge on any atom is 0.235 e. The van der Waals surface area contributed by atoms with Gasteiger partial charge in [0.1, 0.15) is 5.75 Å². The third kappa shape index (κ3) is 3.45. The summed E-state index contributed by atoms with van der Waals surface area (Å²) >= 11 is 0. The molecule has 18 heavy (non-hydrogen) atoms. The Morgan fingerprint density at radius 2 is 2.11 bits per heavy atom. The molecule has 1 aromatic rings.